The molecule has 1 saturated heterocycles. The van der Waals surface area contributed by atoms with Crippen LogP contribution in [0.4, 0.5) is 0 Å². The van der Waals surface area contributed by atoms with Gasteiger partial charge in [-0.2, -0.15) is 0 Å². The predicted molar refractivity (Wildman–Crippen MR) is 54.9 cm³/mol. The molecule has 0 spiro atoms. The number of carbonyl (C=O) groups is 1. The third-order valence-electron chi connectivity index (χ3n) is 2.72. The van der Waals surface area contributed by atoms with Crippen LogP contribution in [0.15, 0.2) is 0 Å². The minimum absolute atomic E-state index is 0.0906. The maximum absolute atomic E-state index is 11.6. The maximum atomic E-state index is 11.6. The minimum Gasteiger partial charge on any atom is -0.375 e. The van der Waals surface area contributed by atoms with Crippen molar-refractivity contribution in [1.29, 1.82) is 0 Å². The van der Waals surface area contributed by atoms with Crippen LogP contribution in [0.2, 0.25) is 0 Å². The van der Waals surface area contributed by atoms with Gasteiger partial charge in [0.05, 0.1) is 0 Å². The fraction of sp³-hybridized carbons (Fsp3) is 0.900. The summed E-state index contributed by atoms with van der Waals surface area (Å²) < 4.78 is 4.84. The molecule has 2 N–H and O–H groups in total. The molecule has 0 aromatic rings. The van der Waals surface area contributed by atoms with E-state index in [0.29, 0.717) is 12.5 Å². The van der Waals surface area contributed by atoms with E-state index in [0.717, 1.165) is 25.9 Å². The van der Waals surface area contributed by atoms with Crippen molar-refractivity contribution in [2.45, 2.75) is 19.3 Å². The van der Waals surface area contributed by atoms with E-state index < -0.39 is 0 Å². The molecule has 4 nitrogen and oxygen atoms in total. The summed E-state index contributed by atoms with van der Waals surface area (Å²) in [6.07, 6.45) is 3.41. The molecule has 1 atom stereocenters. The van der Waals surface area contributed by atoms with E-state index in [4.69, 9.17) is 10.5 Å². The molecule has 0 aromatic heterocycles. The molecule has 1 amide bonds. The largest absolute Gasteiger partial charge is 0.375 e. The molecule has 0 saturated carbocycles. The zero-order valence-electron chi connectivity index (χ0n) is 8.87. The van der Waals surface area contributed by atoms with E-state index in [2.05, 4.69) is 0 Å². The van der Waals surface area contributed by atoms with Crippen LogP contribution in [0.25, 0.3) is 0 Å². The summed E-state index contributed by atoms with van der Waals surface area (Å²) >= 11 is 0. The number of rotatable bonds is 3. The van der Waals surface area contributed by atoms with E-state index in [1.165, 1.54) is 6.42 Å². The molecular formula is C10H20N2O2. The Bertz CT molecular complexity index is 185. The lowest BCUT2D eigenvalue weighted by Crippen LogP contribution is -2.38. The first-order valence-corrected chi connectivity index (χ1v) is 5.24. The number of methoxy groups -OCH3 is 1. The molecular weight excluding hydrogens is 180 g/mol. The molecule has 1 unspecified atom stereocenters. The van der Waals surface area contributed by atoms with Crippen LogP contribution in [0.1, 0.15) is 19.3 Å². The van der Waals surface area contributed by atoms with Gasteiger partial charge < -0.3 is 15.4 Å². The minimum atomic E-state index is 0.0906. The molecule has 0 bridgehead atoms. The number of carbonyl (C=O) groups excluding carboxylic acids is 1. The Morgan fingerprint density at radius 2 is 2.36 bits per heavy atom. The topological polar surface area (TPSA) is 55.6 Å². The Kier molecular flexibility index (Phi) is 4.90. The second-order valence-electron chi connectivity index (χ2n) is 3.87. The first kappa shape index (κ1) is 11.5. The SMILES string of the molecule is COCC(=O)N1CCCCC(CN)C1. The Hall–Kier alpha value is -0.610. The number of nitrogens with two attached hydrogens (primary N) is 1. The van der Waals surface area contributed by atoms with Crippen molar-refractivity contribution in [3.05, 3.63) is 0 Å². The van der Waals surface area contributed by atoms with Gasteiger partial charge in [-0.05, 0) is 25.3 Å². The smallest absolute Gasteiger partial charge is 0.248 e. The number of hydrogen-bond acceptors (Lipinski definition) is 3. The normalized spacial score (nSPS) is 23.3. The average Bonchev–Trinajstić information content (AvgIpc) is 2.43. The molecule has 0 radical (unpaired) electrons. The van der Waals surface area contributed by atoms with Crippen molar-refractivity contribution in [2.75, 3.05) is 33.4 Å². The molecule has 1 aliphatic heterocycles. The van der Waals surface area contributed by atoms with Gasteiger partial charge in [0.1, 0.15) is 6.61 Å². The molecule has 4 heteroatoms. The number of likely N-dealkylation sites (tertiary alicyclic amines) is 1. The summed E-state index contributed by atoms with van der Waals surface area (Å²) in [4.78, 5) is 13.5. The van der Waals surface area contributed by atoms with Crippen LogP contribution in [-0.2, 0) is 9.53 Å². The Morgan fingerprint density at radius 3 is 3.00 bits per heavy atom. The lowest BCUT2D eigenvalue weighted by atomic mass is 10.0. The summed E-state index contributed by atoms with van der Waals surface area (Å²) in [7, 11) is 1.55. The molecule has 0 aliphatic carbocycles. The van der Waals surface area contributed by atoms with E-state index in [1.807, 2.05) is 4.90 Å². The van der Waals surface area contributed by atoms with Crippen molar-refractivity contribution in [3.63, 3.8) is 0 Å². The van der Waals surface area contributed by atoms with E-state index in [9.17, 15) is 4.79 Å². The van der Waals surface area contributed by atoms with Gasteiger partial charge in [0, 0.05) is 20.2 Å². The average molecular weight is 200 g/mol. The number of ether oxygens (including phenoxy) is 1. The molecule has 0 aromatic carbocycles. The van der Waals surface area contributed by atoms with Gasteiger partial charge in [-0.25, -0.2) is 0 Å². The van der Waals surface area contributed by atoms with Crippen molar-refractivity contribution in [1.82, 2.24) is 4.90 Å². The van der Waals surface area contributed by atoms with Crippen LogP contribution < -0.4 is 5.73 Å². The summed E-state index contributed by atoms with van der Waals surface area (Å²) in [5, 5.41) is 0. The molecule has 1 aliphatic rings. The first-order chi connectivity index (χ1) is 6.77. The highest BCUT2D eigenvalue weighted by atomic mass is 16.5. The van der Waals surface area contributed by atoms with Gasteiger partial charge in [0.2, 0.25) is 5.91 Å². The maximum Gasteiger partial charge on any atom is 0.248 e. The molecule has 1 heterocycles. The third kappa shape index (κ3) is 3.27. The van der Waals surface area contributed by atoms with E-state index in [-0.39, 0.29) is 12.5 Å². The Balaban J connectivity index is 2.45. The number of hydrogen-bond donors (Lipinski definition) is 1. The molecule has 82 valence electrons. The van der Waals surface area contributed by atoms with Crippen LogP contribution in [-0.4, -0.2) is 44.2 Å². The summed E-state index contributed by atoms with van der Waals surface area (Å²) in [6.45, 7) is 2.53. The highest BCUT2D eigenvalue weighted by Crippen LogP contribution is 2.15. The number of nitrogens with zero attached hydrogens (tertiary/aromatic N) is 1. The Morgan fingerprint density at radius 1 is 1.57 bits per heavy atom. The van der Waals surface area contributed by atoms with E-state index in [1.54, 1.807) is 7.11 Å². The number of amides is 1. The van der Waals surface area contributed by atoms with Crippen molar-refractivity contribution in [3.8, 4) is 0 Å². The van der Waals surface area contributed by atoms with Gasteiger partial charge in [-0.3, -0.25) is 4.79 Å². The summed E-state index contributed by atoms with van der Waals surface area (Å²) in [5.74, 6) is 0.561. The Labute approximate surface area is 85.4 Å². The van der Waals surface area contributed by atoms with Gasteiger partial charge in [0.15, 0.2) is 0 Å². The van der Waals surface area contributed by atoms with Gasteiger partial charge in [-0.15, -0.1) is 0 Å². The second-order valence-corrected chi connectivity index (χ2v) is 3.87. The van der Waals surface area contributed by atoms with Crippen LogP contribution in [0.5, 0.6) is 0 Å². The molecule has 1 fully saturated rings. The molecule has 14 heavy (non-hydrogen) atoms. The van der Waals surface area contributed by atoms with Crippen molar-refractivity contribution in [2.24, 2.45) is 11.7 Å². The molecule has 1 rings (SSSR count). The van der Waals surface area contributed by atoms with Crippen LogP contribution in [0.3, 0.4) is 0 Å². The fourth-order valence-corrected chi connectivity index (χ4v) is 1.86. The fourth-order valence-electron chi connectivity index (χ4n) is 1.86. The highest BCUT2D eigenvalue weighted by Gasteiger charge is 2.20. The van der Waals surface area contributed by atoms with Gasteiger partial charge in [-0.1, -0.05) is 6.42 Å². The third-order valence-corrected chi connectivity index (χ3v) is 2.72. The standard InChI is InChI=1S/C10H20N2O2/c1-14-8-10(13)12-5-3-2-4-9(6-11)7-12/h9H,2-8,11H2,1H3. The highest BCUT2D eigenvalue weighted by molar-refractivity contribution is 5.77. The zero-order chi connectivity index (χ0) is 10.4. The second kappa shape index (κ2) is 5.98. The van der Waals surface area contributed by atoms with Gasteiger partial charge >= 0.3 is 0 Å². The lowest BCUT2D eigenvalue weighted by molar-refractivity contribution is -0.135. The predicted octanol–water partition coefficient (Wildman–Crippen LogP) is 0.220. The summed E-state index contributed by atoms with van der Waals surface area (Å²) in [5.41, 5.74) is 5.64. The quantitative estimate of drug-likeness (QED) is 0.709. The van der Waals surface area contributed by atoms with Crippen molar-refractivity contribution >= 4 is 5.91 Å². The van der Waals surface area contributed by atoms with E-state index >= 15 is 0 Å². The van der Waals surface area contributed by atoms with Crippen LogP contribution in [0, 0.1) is 5.92 Å². The zero-order valence-corrected chi connectivity index (χ0v) is 8.87. The van der Waals surface area contributed by atoms with Crippen molar-refractivity contribution < 1.29 is 9.53 Å². The lowest BCUT2D eigenvalue weighted by Gasteiger charge is -2.23. The van der Waals surface area contributed by atoms with Gasteiger partial charge in [0.25, 0.3) is 0 Å². The monoisotopic (exact) mass is 200 g/mol. The first-order valence-electron chi connectivity index (χ1n) is 5.24. The van der Waals surface area contributed by atoms with Crippen LogP contribution >= 0.6 is 0 Å². The summed E-state index contributed by atoms with van der Waals surface area (Å²) in [6, 6.07) is 0.